The second-order valence-electron chi connectivity index (χ2n) is 4.54. The largest absolute Gasteiger partial charge is 0.445 e. The number of amides is 1. The van der Waals surface area contributed by atoms with E-state index in [1.165, 1.54) is 4.90 Å². The zero-order valence-electron chi connectivity index (χ0n) is 10.1. The van der Waals surface area contributed by atoms with Crippen molar-refractivity contribution < 1.29 is 13.9 Å². The lowest BCUT2D eigenvalue weighted by Gasteiger charge is -2.32. The lowest BCUT2D eigenvalue weighted by atomic mass is 10.1. The highest BCUT2D eigenvalue weighted by Gasteiger charge is 2.28. The van der Waals surface area contributed by atoms with Gasteiger partial charge in [-0.05, 0) is 12.0 Å². The highest BCUT2D eigenvalue weighted by Crippen LogP contribution is 2.14. The van der Waals surface area contributed by atoms with E-state index in [4.69, 9.17) is 10.5 Å². The van der Waals surface area contributed by atoms with E-state index in [1.807, 2.05) is 30.3 Å². The van der Waals surface area contributed by atoms with Crippen molar-refractivity contribution in [1.29, 1.82) is 0 Å². The summed E-state index contributed by atoms with van der Waals surface area (Å²) in [4.78, 5) is 13.1. The average Bonchev–Trinajstić information content (AvgIpc) is 2.36. The summed E-state index contributed by atoms with van der Waals surface area (Å²) >= 11 is 0. The molecule has 0 spiro atoms. The molecule has 98 valence electrons. The third-order valence-corrected chi connectivity index (χ3v) is 2.90. The van der Waals surface area contributed by atoms with Crippen LogP contribution in [0.2, 0.25) is 0 Å². The first-order valence-electron chi connectivity index (χ1n) is 6.00. The number of ether oxygens (including phenoxy) is 1. The molecule has 0 radical (unpaired) electrons. The van der Waals surface area contributed by atoms with Crippen LogP contribution in [0.25, 0.3) is 0 Å². The molecule has 2 rings (SSSR count). The van der Waals surface area contributed by atoms with Gasteiger partial charge in [-0.3, -0.25) is 0 Å². The molecule has 0 aliphatic carbocycles. The first-order valence-corrected chi connectivity index (χ1v) is 6.00. The zero-order valence-corrected chi connectivity index (χ0v) is 10.1. The summed E-state index contributed by atoms with van der Waals surface area (Å²) in [5.41, 5.74) is 6.58. The lowest BCUT2D eigenvalue weighted by molar-refractivity contribution is 0.0666. The predicted molar refractivity (Wildman–Crippen MR) is 65.7 cm³/mol. The minimum atomic E-state index is -1.06. The molecule has 1 aliphatic heterocycles. The van der Waals surface area contributed by atoms with Gasteiger partial charge in [0, 0.05) is 12.6 Å². The Bertz CT molecular complexity index is 389. The molecule has 1 aliphatic rings. The van der Waals surface area contributed by atoms with Crippen molar-refractivity contribution in [1.82, 2.24) is 4.90 Å². The van der Waals surface area contributed by atoms with Crippen LogP contribution >= 0.6 is 0 Å². The molecule has 0 saturated carbocycles. The molecule has 1 saturated heterocycles. The number of nitrogens with two attached hydrogens (primary N) is 1. The van der Waals surface area contributed by atoms with Crippen molar-refractivity contribution in [3.8, 4) is 0 Å². The summed E-state index contributed by atoms with van der Waals surface area (Å²) in [5, 5.41) is 0. The standard InChI is InChI=1S/C13H17FN2O2/c14-11-6-12(15)8-16(7-11)13(17)18-9-10-4-2-1-3-5-10/h1-5,11-12H,6-9,15H2/t11-,12-/m0/s1. The summed E-state index contributed by atoms with van der Waals surface area (Å²) in [6.45, 7) is 0.623. The molecule has 5 heteroatoms. The van der Waals surface area contributed by atoms with Crippen LogP contribution in [0.5, 0.6) is 0 Å². The predicted octanol–water partition coefficient (Wildman–Crippen LogP) is 1.69. The molecule has 2 N–H and O–H groups in total. The number of hydrogen-bond acceptors (Lipinski definition) is 3. The SMILES string of the molecule is N[C@H]1C[C@H](F)CN(C(=O)OCc2ccccc2)C1. The third kappa shape index (κ3) is 3.43. The Hall–Kier alpha value is -1.62. The quantitative estimate of drug-likeness (QED) is 0.871. The molecular weight excluding hydrogens is 235 g/mol. The van der Waals surface area contributed by atoms with Gasteiger partial charge in [-0.25, -0.2) is 9.18 Å². The van der Waals surface area contributed by atoms with E-state index in [1.54, 1.807) is 0 Å². The molecular formula is C13H17FN2O2. The Balaban J connectivity index is 1.84. The number of likely N-dealkylation sites (tertiary alicyclic amines) is 1. The van der Waals surface area contributed by atoms with Gasteiger partial charge in [0.05, 0.1) is 6.54 Å². The first-order chi connectivity index (χ1) is 8.65. The summed E-state index contributed by atoms with van der Waals surface area (Å²) < 4.78 is 18.4. The van der Waals surface area contributed by atoms with Gasteiger partial charge in [0.2, 0.25) is 0 Å². The Morgan fingerprint density at radius 3 is 2.78 bits per heavy atom. The van der Waals surface area contributed by atoms with Crippen molar-refractivity contribution in [3.05, 3.63) is 35.9 Å². The highest BCUT2D eigenvalue weighted by molar-refractivity contribution is 5.67. The number of carbonyl (C=O) groups excluding carboxylic acids is 1. The number of carbonyl (C=O) groups is 1. The van der Waals surface area contributed by atoms with E-state index < -0.39 is 12.3 Å². The Kier molecular flexibility index (Phi) is 4.15. The van der Waals surface area contributed by atoms with Crippen LogP contribution in [0.3, 0.4) is 0 Å². The second kappa shape index (κ2) is 5.82. The number of halogens is 1. The minimum absolute atomic E-state index is 0.0708. The molecule has 0 unspecified atom stereocenters. The Morgan fingerprint density at radius 1 is 1.39 bits per heavy atom. The lowest BCUT2D eigenvalue weighted by Crippen LogP contribution is -2.50. The second-order valence-corrected chi connectivity index (χ2v) is 4.54. The van der Waals surface area contributed by atoms with Gasteiger partial charge in [-0.1, -0.05) is 30.3 Å². The van der Waals surface area contributed by atoms with Gasteiger partial charge >= 0.3 is 6.09 Å². The van der Waals surface area contributed by atoms with Gasteiger partial charge < -0.3 is 15.4 Å². The fourth-order valence-corrected chi connectivity index (χ4v) is 2.03. The molecule has 18 heavy (non-hydrogen) atoms. The van der Waals surface area contributed by atoms with Crippen molar-refractivity contribution >= 4 is 6.09 Å². The monoisotopic (exact) mass is 252 g/mol. The molecule has 4 nitrogen and oxygen atoms in total. The van der Waals surface area contributed by atoms with Gasteiger partial charge in [0.15, 0.2) is 0 Å². The average molecular weight is 252 g/mol. The van der Waals surface area contributed by atoms with Crippen molar-refractivity contribution in [2.75, 3.05) is 13.1 Å². The third-order valence-electron chi connectivity index (χ3n) is 2.90. The molecule has 1 fully saturated rings. The minimum Gasteiger partial charge on any atom is -0.445 e. The Morgan fingerprint density at radius 2 is 2.11 bits per heavy atom. The van der Waals surface area contributed by atoms with E-state index in [0.29, 0.717) is 13.0 Å². The highest BCUT2D eigenvalue weighted by atomic mass is 19.1. The van der Waals surface area contributed by atoms with Crippen molar-refractivity contribution in [2.24, 2.45) is 5.73 Å². The number of benzene rings is 1. The van der Waals surface area contributed by atoms with E-state index in [0.717, 1.165) is 5.56 Å². The summed E-state index contributed by atoms with van der Waals surface area (Å²) in [7, 11) is 0. The number of piperidine rings is 1. The number of rotatable bonds is 2. The van der Waals surface area contributed by atoms with Gasteiger partial charge in [-0.2, -0.15) is 0 Å². The van der Waals surface area contributed by atoms with Crippen LogP contribution < -0.4 is 5.73 Å². The smallest absolute Gasteiger partial charge is 0.410 e. The van der Waals surface area contributed by atoms with Crippen LogP contribution in [0.4, 0.5) is 9.18 Å². The van der Waals surface area contributed by atoms with Crippen LogP contribution in [-0.2, 0) is 11.3 Å². The number of nitrogens with zero attached hydrogens (tertiary/aromatic N) is 1. The van der Waals surface area contributed by atoms with Crippen molar-refractivity contribution in [3.63, 3.8) is 0 Å². The molecule has 1 aromatic rings. The summed E-state index contributed by atoms with van der Waals surface area (Å²) in [6, 6.07) is 9.07. The van der Waals surface area contributed by atoms with E-state index >= 15 is 0 Å². The van der Waals surface area contributed by atoms with Gasteiger partial charge in [-0.15, -0.1) is 0 Å². The fourth-order valence-electron chi connectivity index (χ4n) is 2.03. The van der Waals surface area contributed by atoms with Crippen LogP contribution in [0, 0.1) is 0 Å². The fraction of sp³-hybridized carbons (Fsp3) is 0.462. The summed E-state index contributed by atoms with van der Waals surface area (Å²) in [5.74, 6) is 0. The number of alkyl halides is 1. The first kappa shape index (κ1) is 12.8. The van der Waals surface area contributed by atoms with E-state index in [9.17, 15) is 9.18 Å². The van der Waals surface area contributed by atoms with E-state index in [-0.39, 0.29) is 19.2 Å². The van der Waals surface area contributed by atoms with Crippen LogP contribution in [0.1, 0.15) is 12.0 Å². The molecule has 2 atom stereocenters. The molecule has 1 amide bonds. The maximum atomic E-state index is 13.3. The van der Waals surface area contributed by atoms with Crippen LogP contribution in [-0.4, -0.2) is 36.3 Å². The van der Waals surface area contributed by atoms with Crippen LogP contribution in [0.15, 0.2) is 30.3 Å². The molecule has 0 aromatic heterocycles. The topological polar surface area (TPSA) is 55.6 Å². The van der Waals surface area contributed by atoms with Gasteiger partial charge in [0.25, 0.3) is 0 Å². The van der Waals surface area contributed by atoms with E-state index in [2.05, 4.69) is 0 Å². The number of hydrogen-bond donors (Lipinski definition) is 1. The van der Waals surface area contributed by atoms with Gasteiger partial charge in [0.1, 0.15) is 12.8 Å². The Labute approximate surface area is 106 Å². The zero-order chi connectivity index (χ0) is 13.0. The maximum absolute atomic E-state index is 13.3. The molecule has 1 heterocycles. The maximum Gasteiger partial charge on any atom is 0.410 e. The van der Waals surface area contributed by atoms with Crippen molar-refractivity contribution in [2.45, 2.75) is 25.2 Å². The summed E-state index contributed by atoms with van der Waals surface area (Å²) in [6.07, 6.45) is -1.25. The molecule has 1 aromatic carbocycles. The molecule has 0 bridgehead atoms. The normalized spacial score (nSPS) is 23.8.